The first-order valence-electron chi connectivity index (χ1n) is 18.4. The van der Waals surface area contributed by atoms with Crippen LogP contribution < -0.4 is 4.74 Å². The Balaban J connectivity index is 0.000000201. The molecular formula is C42H53ClO8. The number of benzene rings is 2. The van der Waals surface area contributed by atoms with E-state index in [0.717, 1.165) is 49.9 Å². The summed E-state index contributed by atoms with van der Waals surface area (Å²) in [6.07, 6.45) is 16.7. The third-order valence-electron chi connectivity index (χ3n) is 10.6. The molecule has 0 heterocycles. The molecule has 51 heavy (non-hydrogen) atoms. The smallest absolute Gasteiger partial charge is 0.342 e. The van der Waals surface area contributed by atoms with Crippen molar-refractivity contribution in [1.29, 1.82) is 0 Å². The van der Waals surface area contributed by atoms with E-state index in [2.05, 4.69) is 13.2 Å². The first kappa shape index (κ1) is 39.9. The molecule has 8 nitrogen and oxygen atoms in total. The number of hydrogen-bond acceptors (Lipinski definition) is 8. The molecule has 4 saturated carbocycles. The van der Waals surface area contributed by atoms with Gasteiger partial charge in [-0.05, 0) is 112 Å². The summed E-state index contributed by atoms with van der Waals surface area (Å²) >= 11 is 4.87. The lowest BCUT2D eigenvalue weighted by atomic mass is 9.70. The van der Waals surface area contributed by atoms with Gasteiger partial charge in [0.1, 0.15) is 34.8 Å². The minimum Gasteiger partial charge on any atom is -0.507 e. The van der Waals surface area contributed by atoms with E-state index in [1.54, 1.807) is 56.3 Å². The molecule has 2 aromatic carbocycles. The number of halogens is 1. The first-order chi connectivity index (χ1) is 24.4. The number of fused-ring (bicyclic) bond motifs is 2. The number of allylic oxidation sites excluding steroid dienone is 1. The van der Waals surface area contributed by atoms with E-state index < -0.39 is 17.2 Å². The number of carbonyl (C=O) groups is 4. The predicted molar refractivity (Wildman–Crippen MR) is 198 cm³/mol. The SMILES string of the molecule is C=C(C)C(=O)Cl.C=C(C)C(=O)Oc1ccccc1C(=O)OC1CCC2CCCCC2C1.O=C(OC1CCC2CCCCC2C1)c1ccccc1O. The Morgan fingerprint density at radius 1 is 0.627 bits per heavy atom. The van der Waals surface area contributed by atoms with Crippen LogP contribution in [0.15, 0.2) is 72.8 Å². The van der Waals surface area contributed by atoms with E-state index >= 15 is 0 Å². The lowest BCUT2D eigenvalue weighted by Gasteiger charge is -2.38. The van der Waals surface area contributed by atoms with E-state index in [9.17, 15) is 24.3 Å². The highest BCUT2D eigenvalue weighted by Gasteiger charge is 2.35. The third-order valence-corrected chi connectivity index (χ3v) is 11.0. The second-order valence-corrected chi connectivity index (χ2v) is 14.9. The third kappa shape index (κ3) is 12.1. The molecule has 4 aliphatic carbocycles. The maximum absolute atomic E-state index is 12.6. The fraction of sp³-hybridized carbons (Fsp3) is 0.524. The first-order valence-corrected chi connectivity index (χ1v) is 18.8. The Kier molecular flexibility index (Phi) is 15.3. The highest BCUT2D eigenvalue weighted by atomic mass is 35.5. The van der Waals surface area contributed by atoms with Crippen LogP contribution in [0.1, 0.15) is 124 Å². The number of esters is 3. The number of phenols is 1. The zero-order chi connectivity index (χ0) is 36.9. The van der Waals surface area contributed by atoms with Crippen LogP contribution in [0.5, 0.6) is 11.5 Å². The van der Waals surface area contributed by atoms with Crippen LogP contribution in [-0.2, 0) is 19.1 Å². The van der Waals surface area contributed by atoms with Crippen LogP contribution in [-0.4, -0.2) is 40.5 Å². The largest absolute Gasteiger partial charge is 0.507 e. The van der Waals surface area contributed by atoms with Crippen LogP contribution >= 0.6 is 11.6 Å². The minimum atomic E-state index is -0.539. The number of aromatic hydroxyl groups is 1. The average molecular weight is 721 g/mol. The fourth-order valence-corrected chi connectivity index (χ4v) is 7.86. The molecule has 4 aliphatic rings. The zero-order valence-electron chi connectivity index (χ0n) is 30.1. The summed E-state index contributed by atoms with van der Waals surface area (Å²) in [7, 11) is 0. The second-order valence-electron chi connectivity index (χ2n) is 14.5. The molecule has 276 valence electrons. The van der Waals surface area contributed by atoms with Crippen molar-refractivity contribution in [2.45, 2.75) is 116 Å². The van der Waals surface area contributed by atoms with Gasteiger partial charge in [0.15, 0.2) is 0 Å². The maximum atomic E-state index is 12.6. The summed E-state index contributed by atoms with van der Waals surface area (Å²) in [6.45, 7) is 9.98. The molecule has 0 saturated heterocycles. The lowest BCUT2D eigenvalue weighted by Crippen LogP contribution is -2.33. The van der Waals surface area contributed by atoms with E-state index in [1.165, 1.54) is 63.9 Å². The summed E-state index contributed by atoms with van der Waals surface area (Å²) in [5, 5.41) is 9.23. The van der Waals surface area contributed by atoms with E-state index in [1.807, 2.05) is 0 Å². The number of hydrogen-bond donors (Lipinski definition) is 1. The number of para-hydroxylation sites is 2. The summed E-state index contributed by atoms with van der Waals surface area (Å²) < 4.78 is 16.6. The van der Waals surface area contributed by atoms with Crippen molar-refractivity contribution in [3.8, 4) is 11.5 Å². The molecule has 0 radical (unpaired) electrons. The summed E-state index contributed by atoms with van der Waals surface area (Å²) in [5.41, 5.74) is 1.25. The molecule has 6 atom stereocenters. The highest BCUT2D eigenvalue weighted by molar-refractivity contribution is 6.67. The molecule has 2 aromatic rings. The summed E-state index contributed by atoms with van der Waals surface area (Å²) in [5.74, 6) is 1.98. The van der Waals surface area contributed by atoms with Crippen LogP contribution in [0.25, 0.3) is 0 Å². The van der Waals surface area contributed by atoms with Gasteiger partial charge in [0.05, 0.1) is 0 Å². The Bertz CT molecular complexity index is 1540. The molecule has 4 fully saturated rings. The van der Waals surface area contributed by atoms with Crippen molar-refractivity contribution < 1.29 is 38.5 Å². The van der Waals surface area contributed by atoms with Crippen molar-refractivity contribution in [2.24, 2.45) is 23.7 Å². The lowest BCUT2D eigenvalue weighted by molar-refractivity contribution is -0.130. The Morgan fingerprint density at radius 3 is 1.53 bits per heavy atom. The number of carbonyl (C=O) groups excluding carboxylic acids is 4. The molecule has 0 spiro atoms. The van der Waals surface area contributed by atoms with E-state index in [0.29, 0.717) is 22.6 Å². The Morgan fingerprint density at radius 2 is 1.06 bits per heavy atom. The van der Waals surface area contributed by atoms with Gasteiger partial charge in [-0.1, -0.05) is 88.8 Å². The van der Waals surface area contributed by atoms with Gasteiger partial charge in [0.25, 0.3) is 0 Å². The van der Waals surface area contributed by atoms with Crippen molar-refractivity contribution in [2.75, 3.05) is 0 Å². The molecule has 0 aliphatic heterocycles. The molecule has 0 bridgehead atoms. The zero-order valence-corrected chi connectivity index (χ0v) is 30.8. The van der Waals surface area contributed by atoms with Crippen LogP contribution in [0.2, 0.25) is 0 Å². The molecule has 0 aromatic heterocycles. The van der Waals surface area contributed by atoms with E-state index in [-0.39, 0.29) is 35.2 Å². The number of rotatable bonds is 7. The van der Waals surface area contributed by atoms with Gasteiger partial charge >= 0.3 is 17.9 Å². The molecule has 0 amide bonds. The van der Waals surface area contributed by atoms with Gasteiger partial charge in [-0.25, -0.2) is 14.4 Å². The van der Waals surface area contributed by atoms with Crippen LogP contribution in [0, 0.1) is 23.7 Å². The second kappa shape index (κ2) is 19.6. The maximum Gasteiger partial charge on any atom is 0.342 e. The fourth-order valence-electron chi connectivity index (χ4n) is 7.86. The Hall–Kier alpha value is -3.91. The molecular weight excluding hydrogens is 668 g/mol. The van der Waals surface area contributed by atoms with Crippen LogP contribution in [0.3, 0.4) is 0 Å². The van der Waals surface area contributed by atoms with Crippen molar-refractivity contribution in [1.82, 2.24) is 0 Å². The standard InChI is InChI=1S/C21H26O4.C17H22O3.C4H5ClO/c1-14(2)20(22)25-19-10-6-5-9-18(19)21(23)24-17-12-11-15-7-3-4-8-16(15)13-17;18-16-8-4-3-7-15(16)17(19)20-14-10-9-12-5-1-2-6-13(12)11-14;1-3(2)4(5)6/h5-6,9-10,15-17H,1,3-4,7-8,11-13H2,2H3;3-4,7-8,12-14,18H,1-2,5-6,9-11H2;1H2,2H3. The quantitative estimate of drug-likeness (QED) is 0.130. The Labute approximate surface area is 307 Å². The van der Waals surface area contributed by atoms with Crippen LogP contribution in [0.4, 0.5) is 0 Å². The summed E-state index contributed by atoms with van der Waals surface area (Å²) in [4.78, 5) is 46.3. The van der Waals surface area contributed by atoms with Gasteiger partial charge in [-0.3, -0.25) is 4.79 Å². The van der Waals surface area contributed by atoms with Gasteiger partial charge in [0.2, 0.25) is 5.24 Å². The molecule has 6 rings (SSSR count). The molecule has 9 heteroatoms. The normalized spacial score (nSPS) is 25.0. The molecule has 6 unspecified atom stereocenters. The minimum absolute atomic E-state index is 0.00357. The van der Waals surface area contributed by atoms with Gasteiger partial charge in [0, 0.05) is 11.1 Å². The van der Waals surface area contributed by atoms with E-state index in [4.69, 9.17) is 25.8 Å². The highest BCUT2D eigenvalue weighted by Crippen LogP contribution is 2.42. The van der Waals surface area contributed by atoms with Gasteiger partial charge in [-0.2, -0.15) is 0 Å². The van der Waals surface area contributed by atoms with Crippen molar-refractivity contribution >= 4 is 34.8 Å². The van der Waals surface area contributed by atoms with Crippen molar-refractivity contribution in [3.05, 3.63) is 84.0 Å². The van der Waals surface area contributed by atoms with Crippen molar-refractivity contribution in [3.63, 3.8) is 0 Å². The number of ether oxygens (including phenoxy) is 3. The number of phenolic OH excluding ortho intramolecular Hbond substituents is 1. The monoisotopic (exact) mass is 720 g/mol. The molecule has 1 N–H and O–H groups in total. The van der Waals surface area contributed by atoms with Gasteiger partial charge < -0.3 is 19.3 Å². The topological polar surface area (TPSA) is 116 Å². The van der Waals surface area contributed by atoms with Gasteiger partial charge in [-0.15, -0.1) is 0 Å². The average Bonchev–Trinajstić information content (AvgIpc) is 3.12. The predicted octanol–water partition coefficient (Wildman–Crippen LogP) is 9.92. The summed E-state index contributed by atoms with van der Waals surface area (Å²) in [6, 6.07) is 13.3.